The maximum Gasteiger partial charge on any atom is 0.339 e. The highest BCUT2D eigenvalue weighted by atomic mass is 35.5. The second-order valence-corrected chi connectivity index (χ2v) is 14.8. The summed E-state index contributed by atoms with van der Waals surface area (Å²) in [6.07, 6.45) is 2.25. The Bertz CT molecular complexity index is 1530. The largest absolute Gasteiger partial charge is 0.377 e. The van der Waals surface area contributed by atoms with Crippen molar-refractivity contribution < 1.29 is 22.2 Å². The fraction of sp³-hybridized carbons (Fsp3) is 0.438. The van der Waals surface area contributed by atoms with Crippen LogP contribution in [0.1, 0.15) is 77.3 Å². The monoisotopic (exact) mass is 581 g/mol. The number of carbonyl (C=O) groups excluding carboxylic acids is 2. The second kappa shape index (κ2) is 9.88. The third kappa shape index (κ3) is 5.14. The van der Waals surface area contributed by atoms with Gasteiger partial charge in [0.2, 0.25) is 0 Å². The number of nitrogens with zero attached hydrogens (tertiary/aromatic N) is 1. The summed E-state index contributed by atoms with van der Waals surface area (Å²) < 4.78 is 31.2. The van der Waals surface area contributed by atoms with E-state index in [1.165, 1.54) is 18.2 Å². The van der Waals surface area contributed by atoms with Gasteiger partial charge in [0.15, 0.2) is 17.3 Å². The third-order valence-electron chi connectivity index (χ3n) is 8.14. The van der Waals surface area contributed by atoms with Crippen molar-refractivity contribution >= 4 is 33.3 Å². The Morgan fingerprint density at radius 3 is 1.88 bits per heavy atom. The summed E-state index contributed by atoms with van der Waals surface area (Å²) in [4.78, 5) is 29.8. The normalized spacial score (nSPS) is 20.9. The molecule has 3 aliphatic rings. The van der Waals surface area contributed by atoms with Crippen LogP contribution < -0.4 is 4.18 Å². The molecular formula is C32H36ClNO5S. The van der Waals surface area contributed by atoms with Crippen LogP contribution in [0.2, 0.25) is 5.02 Å². The number of ketones is 2. The van der Waals surface area contributed by atoms with Crippen LogP contribution in [-0.4, -0.2) is 31.4 Å². The summed E-state index contributed by atoms with van der Waals surface area (Å²) in [5.74, 6) is -0.484. The van der Waals surface area contributed by atoms with Crippen molar-refractivity contribution in [2.45, 2.75) is 78.0 Å². The summed E-state index contributed by atoms with van der Waals surface area (Å²) in [7, 11) is -4.10. The molecule has 6 nitrogen and oxygen atoms in total. The average molecular weight is 582 g/mol. The third-order valence-corrected chi connectivity index (χ3v) is 9.68. The van der Waals surface area contributed by atoms with Gasteiger partial charge in [0.25, 0.3) is 0 Å². The van der Waals surface area contributed by atoms with Crippen molar-refractivity contribution in [2.75, 3.05) is 6.54 Å². The van der Waals surface area contributed by atoms with E-state index in [1.807, 2.05) is 6.92 Å². The lowest BCUT2D eigenvalue weighted by atomic mass is 9.63. The minimum Gasteiger partial charge on any atom is -0.377 e. The molecule has 0 fully saturated rings. The van der Waals surface area contributed by atoms with E-state index in [0.29, 0.717) is 36.1 Å². The summed E-state index contributed by atoms with van der Waals surface area (Å²) in [5, 5.41) is 0.0996. The van der Waals surface area contributed by atoms with E-state index in [1.54, 1.807) is 24.3 Å². The Labute approximate surface area is 242 Å². The van der Waals surface area contributed by atoms with Crippen molar-refractivity contribution in [3.63, 3.8) is 0 Å². The van der Waals surface area contributed by atoms with Gasteiger partial charge < -0.3 is 9.08 Å². The highest BCUT2D eigenvalue weighted by molar-refractivity contribution is 7.87. The molecule has 0 atom stereocenters. The first kappa shape index (κ1) is 28.6. The molecule has 5 rings (SSSR count). The number of benzene rings is 2. The van der Waals surface area contributed by atoms with Crippen LogP contribution in [-0.2, 0) is 19.7 Å². The molecule has 1 aliphatic heterocycles. The van der Waals surface area contributed by atoms with E-state index in [0.717, 1.165) is 29.8 Å². The standard InChI is InChI=1S/C32H36ClNO5S/c1-7-34-23-15-31(3,4)17-25(35)29(23)28(30-24(34)16-32(5,6)18-26(30)36)20-10-13-27(22(33)14-20)39-40(37,38)21-11-8-19(2)9-12-21/h8-14,28H,7,15-18H2,1-6H3. The lowest BCUT2D eigenvalue weighted by molar-refractivity contribution is -0.119. The van der Waals surface area contributed by atoms with E-state index >= 15 is 0 Å². The summed E-state index contributed by atoms with van der Waals surface area (Å²) in [6, 6.07) is 11.3. The molecule has 212 valence electrons. The minimum absolute atomic E-state index is 0.00685. The fourth-order valence-corrected chi connectivity index (χ4v) is 7.62. The predicted octanol–water partition coefficient (Wildman–Crippen LogP) is 7.12. The Kier molecular flexibility index (Phi) is 7.07. The van der Waals surface area contributed by atoms with Gasteiger partial charge >= 0.3 is 10.1 Å². The molecule has 0 saturated carbocycles. The van der Waals surface area contributed by atoms with Crippen molar-refractivity contribution in [3.8, 4) is 5.75 Å². The SMILES string of the molecule is CCN1C2=C(C(=O)CC(C)(C)C2)C(c2ccc(OS(=O)(=O)c3ccc(C)cc3)c(Cl)c2)C2=C1CC(C)(C)CC2=O. The predicted molar refractivity (Wildman–Crippen MR) is 156 cm³/mol. The highest BCUT2D eigenvalue weighted by Gasteiger charge is 2.48. The molecule has 0 saturated heterocycles. The molecule has 2 aromatic rings. The van der Waals surface area contributed by atoms with Gasteiger partial charge in [0.1, 0.15) is 4.90 Å². The fourth-order valence-electron chi connectivity index (χ4n) is 6.40. The molecule has 0 N–H and O–H groups in total. The van der Waals surface area contributed by atoms with Crippen LogP contribution in [0, 0.1) is 17.8 Å². The van der Waals surface area contributed by atoms with E-state index in [4.69, 9.17) is 15.8 Å². The van der Waals surface area contributed by atoms with Gasteiger partial charge in [0.05, 0.1) is 5.02 Å². The smallest absolute Gasteiger partial charge is 0.339 e. The molecule has 0 radical (unpaired) electrons. The summed E-state index contributed by atoms with van der Waals surface area (Å²) >= 11 is 6.64. The zero-order valence-electron chi connectivity index (χ0n) is 23.9. The summed E-state index contributed by atoms with van der Waals surface area (Å²) in [5.41, 5.74) is 4.50. The topological polar surface area (TPSA) is 80.8 Å². The lowest BCUT2D eigenvalue weighted by Crippen LogP contribution is -2.44. The van der Waals surface area contributed by atoms with Gasteiger partial charge in [-0.05, 0) is 67.3 Å². The van der Waals surface area contributed by atoms with Crippen molar-refractivity contribution in [3.05, 3.63) is 81.2 Å². The van der Waals surface area contributed by atoms with E-state index < -0.39 is 16.0 Å². The van der Waals surface area contributed by atoms with Crippen molar-refractivity contribution in [1.82, 2.24) is 4.90 Å². The minimum atomic E-state index is -4.10. The number of rotatable bonds is 5. The molecule has 0 bridgehead atoms. The molecule has 0 aromatic heterocycles. The van der Waals surface area contributed by atoms with Crippen LogP contribution in [0.3, 0.4) is 0 Å². The van der Waals surface area contributed by atoms with Gasteiger partial charge in [-0.1, -0.05) is 63.1 Å². The number of aryl methyl sites for hydroxylation is 1. The van der Waals surface area contributed by atoms with Crippen LogP contribution in [0.5, 0.6) is 5.75 Å². The molecule has 40 heavy (non-hydrogen) atoms. The van der Waals surface area contributed by atoms with Gasteiger partial charge in [-0.25, -0.2) is 0 Å². The number of hydrogen-bond donors (Lipinski definition) is 0. The molecule has 8 heteroatoms. The molecule has 0 amide bonds. The Morgan fingerprint density at radius 1 is 0.875 bits per heavy atom. The maximum atomic E-state index is 13.8. The van der Waals surface area contributed by atoms with Crippen LogP contribution in [0.25, 0.3) is 0 Å². The van der Waals surface area contributed by atoms with Crippen molar-refractivity contribution in [2.24, 2.45) is 10.8 Å². The summed E-state index contributed by atoms with van der Waals surface area (Å²) in [6.45, 7) is 13.0. The molecule has 0 unspecified atom stereocenters. The van der Waals surface area contributed by atoms with E-state index in [2.05, 4.69) is 39.5 Å². The Hall–Kier alpha value is -2.90. The number of halogens is 1. The number of carbonyl (C=O) groups is 2. The second-order valence-electron chi connectivity index (χ2n) is 12.8. The average Bonchev–Trinajstić information content (AvgIpc) is 2.83. The van der Waals surface area contributed by atoms with Crippen LogP contribution in [0.4, 0.5) is 0 Å². The maximum absolute atomic E-state index is 13.8. The molecule has 0 spiro atoms. The number of allylic oxidation sites excluding steroid dienone is 4. The van der Waals surface area contributed by atoms with Gasteiger partial charge in [-0.2, -0.15) is 8.42 Å². The molecule has 1 heterocycles. The molecule has 2 aromatic carbocycles. The zero-order chi connectivity index (χ0) is 29.2. The van der Waals surface area contributed by atoms with E-state index in [9.17, 15) is 18.0 Å². The first-order valence-electron chi connectivity index (χ1n) is 13.7. The zero-order valence-corrected chi connectivity index (χ0v) is 25.5. The van der Waals surface area contributed by atoms with Gasteiger partial charge in [-0.15, -0.1) is 0 Å². The Balaban J connectivity index is 1.62. The van der Waals surface area contributed by atoms with E-state index in [-0.39, 0.29) is 38.1 Å². The Morgan fingerprint density at radius 2 is 1.40 bits per heavy atom. The van der Waals surface area contributed by atoms with Gasteiger partial charge in [-0.3, -0.25) is 9.59 Å². The van der Waals surface area contributed by atoms with Crippen molar-refractivity contribution in [1.29, 1.82) is 0 Å². The highest BCUT2D eigenvalue weighted by Crippen LogP contribution is 2.54. The molecule has 2 aliphatic carbocycles. The first-order valence-corrected chi connectivity index (χ1v) is 15.5. The molecular weight excluding hydrogens is 546 g/mol. The quantitative estimate of drug-likeness (QED) is 0.350. The van der Waals surface area contributed by atoms with Crippen LogP contribution in [0.15, 0.2) is 69.9 Å². The first-order chi connectivity index (χ1) is 18.6. The van der Waals surface area contributed by atoms with Gasteiger partial charge in [0, 0.05) is 47.8 Å². The number of Topliss-reactive ketones (excluding diaryl/α,β-unsaturated/α-hetero) is 2. The lowest BCUT2D eigenvalue weighted by Gasteiger charge is -2.48. The van der Waals surface area contributed by atoms with Crippen LogP contribution >= 0.6 is 11.6 Å². The number of hydrogen-bond acceptors (Lipinski definition) is 6.